The summed E-state index contributed by atoms with van der Waals surface area (Å²) in [4.78, 5) is 19.3. The maximum atomic E-state index is 10.5. The van der Waals surface area contributed by atoms with Crippen molar-refractivity contribution in [3.8, 4) is 11.5 Å². The molecule has 8 nitrogen and oxygen atoms in total. The molecule has 0 aliphatic carbocycles. The Labute approximate surface area is 192 Å². The average Bonchev–Trinajstić information content (AvgIpc) is 3.44. The summed E-state index contributed by atoms with van der Waals surface area (Å²) in [5.74, 6) is 1.90. The van der Waals surface area contributed by atoms with E-state index in [0.717, 1.165) is 26.8 Å². The molecule has 3 heterocycles. The molecule has 32 heavy (non-hydrogen) atoms. The lowest BCUT2D eigenvalue weighted by Gasteiger charge is -2.13. The lowest BCUT2D eigenvalue weighted by Crippen LogP contribution is -2.17. The molecule has 160 valence electrons. The van der Waals surface area contributed by atoms with Crippen LogP contribution in [0.2, 0.25) is 5.02 Å². The molecule has 0 unspecified atom stereocenters. The number of hydrogen-bond acceptors (Lipinski definition) is 7. The third kappa shape index (κ3) is 3.95. The van der Waals surface area contributed by atoms with Crippen LogP contribution in [0.4, 0.5) is 11.5 Å². The molecule has 0 radical (unpaired) electrons. The fourth-order valence-electron chi connectivity index (χ4n) is 3.43. The van der Waals surface area contributed by atoms with Gasteiger partial charge in [-0.05, 0) is 47.9 Å². The predicted octanol–water partition coefficient (Wildman–Crippen LogP) is 4.98. The van der Waals surface area contributed by atoms with Gasteiger partial charge in [-0.25, -0.2) is 9.97 Å². The van der Waals surface area contributed by atoms with Crippen LogP contribution in [0.1, 0.15) is 0 Å². The third-order valence-corrected chi connectivity index (χ3v) is 5.96. The molecule has 1 amide bonds. The van der Waals surface area contributed by atoms with E-state index in [1.807, 2.05) is 47.2 Å². The van der Waals surface area contributed by atoms with Crippen molar-refractivity contribution in [1.29, 1.82) is 0 Å². The third-order valence-electron chi connectivity index (χ3n) is 4.90. The monoisotopic (exact) mass is 464 g/mol. The van der Waals surface area contributed by atoms with Crippen LogP contribution in [0.25, 0.3) is 21.1 Å². The molecule has 0 aliphatic heterocycles. The number of hydrogen-bond donors (Lipinski definition) is 2. The lowest BCUT2D eigenvalue weighted by molar-refractivity contribution is -0.109. The van der Waals surface area contributed by atoms with Crippen molar-refractivity contribution < 1.29 is 9.53 Å². The number of nitrogens with zero attached hydrogens (tertiary/aromatic N) is 4. The van der Waals surface area contributed by atoms with Gasteiger partial charge >= 0.3 is 0 Å². The minimum atomic E-state index is 0.464. The van der Waals surface area contributed by atoms with Crippen molar-refractivity contribution in [2.24, 2.45) is 0 Å². The molecule has 0 saturated heterocycles. The quantitative estimate of drug-likeness (QED) is 0.248. The Morgan fingerprint density at radius 1 is 1.16 bits per heavy atom. The highest BCUT2D eigenvalue weighted by molar-refractivity contribution is 7.13. The molecule has 5 rings (SSSR count). The van der Waals surface area contributed by atoms with Gasteiger partial charge in [0.05, 0.1) is 26.8 Å². The number of nitrogens with one attached hydrogen (secondary N) is 2. The maximum Gasteiger partial charge on any atom is 0.207 e. The number of carbonyl (C=O) groups excluding carboxylic acids is 1. The molecule has 10 heteroatoms. The van der Waals surface area contributed by atoms with Gasteiger partial charge < -0.3 is 19.9 Å². The highest BCUT2D eigenvalue weighted by Gasteiger charge is 2.12. The van der Waals surface area contributed by atoms with Crippen molar-refractivity contribution >= 4 is 62.2 Å². The molecule has 0 atom stereocenters. The molecule has 2 aromatic carbocycles. The van der Waals surface area contributed by atoms with E-state index in [2.05, 4.69) is 25.0 Å². The number of fused-ring (bicyclic) bond motifs is 2. The molecule has 0 bridgehead atoms. The SMILES string of the molecule is O=CNCCn1ccc2ncnc(Nc3ccc(Oc4cccc5sncc45)c(Cl)c3)c21. The highest BCUT2D eigenvalue weighted by atomic mass is 35.5. The van der Waals surface area contributed by atoms with Gasteiger partial charge in [0, 0.05) is 25.0 Å². The van der Waals surface area contributed by atoms with Crippen molar-refractivity contribution in [3.63, 3.8) is 0 Å². The topological polar surface area (TPSA) is 94.0 Å². The first-order valence-electron chi connectivity index (χ1n) is 9.77. The number of aromatic nitrogens is 4. The molecule has 0 aliphatic rings. The van der Waals surface area contributed by atoms with E-state index < -0.39 is 0 Å². The summed E-state index contributed by atoms with van der Waals surface area (Å²) in [6, 6.07) is 13.2. The summed E-state index contributed by atoms with van der Waals surface area (Å²) in [6.45, 7) is 1.10. The molecule has 5 aromatic rings. The number of amides is 1. The second-order valence-electron chi connectivity index (χ2n) is 6.90. The summed E-state index contributed by atoms with van der Waals surface area (Å²) in [5.41, 5.74) is 2.40. The molecule has 0 saturated carbocycles. The Kier molecular flexibility index (Phi) is 5.57. The zero-order valence-corrected chi connectivity index (χ0v) is 18.2. The van der Waals surface area contributed by atoms with Crippen molar-refractivity contribution in [2.75, 3.05) is 11.9 Å². The summed E-state index contributed by atoms with van der Waals surface area (Å²) in [6.07, 6.45) is 5.90. The van der Waals surface area contributed by atoms with Crippen LogP contribution in [0.5, 0.6) is 11.5 Å². The minimum absolute atomic E-state index is 0.464. The van der Waals surface area contributed by atoms with E-state index in [0.29, 0.717) is 41.8 Å². The first-order valence-corrected chi connectivity index (χ1v) is 10.9. The Hall–Kier alpha value is -3.69. The number of rotatable bonds is 8. The molecule has 0 fully saturated rings. The Morgan fingerprint density at radius 3 is 2.97 bits per heavy atom. The van der Waals surface area contributed by atoms with Gasteiger partial charge in [0.25, 0.3) is 0 Å². The summed E-state index contributed by atoms with van der Waals surface area (Å²) in [7, 11) is 0. The number of ether oxygens (including phenoxy) is 1. The Balaban J connectivity index is 1.40. The smallest absolute Gasteiger partial charge is 0.207 e. The van der Waals surface area contributed by atoms with Gasteiger partial charge in [-0.15, -0.1) is 0 Å². The van der Waals surface area contributed by atoms with Crippen LogP contribution in [0, 0.1) is 0 Å². The Morgan fingerprint density at radius 2 is 2.09 bits per heavy atom. The maximum absolute atomic E-state index is 10.5. The highest BCUT2D eigenvalue weighted by Crippen LogP contribution is 2.36. The fraction of sp³-hybridized carbons (Fsp3) is 0.0909. The van der Waals surface area contributed by atoms with Gasteiger partial charge in [-0.3, -0.25) is 4.79 Å². The summed E-state index contributed by atoms with van der Waals surface area (Å²) >= 11 is 7.95. The van der Waals surface area contributed by atoms with Crippen LogP contribution in [-0.2, 0) is 11.3 Å². The summed E-state index contributed by atoms with van der Waals surface area (Å²) in [5, 5.41) is 7.39. The van der Waals surface area contributed by atoms with Gasteiger partial charge in [-0.1, -0.05) is 17.7 Å². The van der Waals surface area contributed by atoms with Crippen LogP contribution < -0.4 is 15.4 Å². The first-order chi connectivity index (χ1) is 15.7. The van der Waals surface area contributed by atoms with E-state index in [1.165, 1.54) is 17.9 Å². The summed E-state index contributed by atoms with van der Waals surface area (Å²) < 4.78 is 13.3. The van der Waals surface area contributed by atoms with Gasteiger partial charge in [0.2, 0.25) is 6.41 Å². The fourth-order valence-corrected chi connectivity index (χ4v) is 4.31. The van der Waals surface area contributed by atoms with Crippen LogP contribution in [0.3, 0.4) is 0 Å². The minimum Gasteiger partial charge on any atom is -0.455 e. The van der Waals surface area contributed by atoms with E-state index in [1.54, 1.807) is 12.3 Å². The predicted molar refractivity (Wildman–Crippen MR) is 126 cm³/mol. The standard InChI is InChI=1S/C22H17ClN6O2S/c23-16-10-14(4-5-19(16)31-18-2-1-3-20-15(18)11-27-32-20)28-22-21-17(25-12-26-22)6-8-29(21)9-7-24-13-30/h1-6,8,10-13H,7,9H2,(H,24,30)(H,25,26,28). The van der Waals surface area contributed by atoms with E-state index in [4.69, 9.17) is 16.3 Å². The van der Waals surface area contributed by atoms with Crippen molar-refractivity contribution in [1.82, 2.24) is 24.2 Å². The number of carbonyl (C=O) groups is 1. The van der Waals surface area contributed by atoms with E-state index >= 15 is 0 Å². The molecular formula is C22H17ClN6O2S. The van der Waals surface area contributed by atoms with Gasteiger partial charge in [0.1, 0.15) is 23.3 Å². The number of benzene rings is 2. The zero-order valence-electron chi connectivity index (χ0n) is 16.7. The largest absolute Gasteiger partial charge is 0.455 e. The number of anilines is 2. The van der Waals surface area contributed by atoms with Gasteiger partial charge in [-0.2, -0.15) is 4.37 Å². The first kappa shape index (κ1) is 20.2. The van der Waals surface area contributed by atoms with E-state index in [-0.39, 0.29) is 0 Å². The Bertz CT molecular complexity index is 1420. The lowest BCUT2D eigenvalue weighted by atomic mass is 10.2. The molecular weight excluding hydrogens is 448 g/mol. The zero-order chi connectivity index (χ0) is 21.9. The van der Waals surface area contributed by atoms with Crippen LogP contribution in [-0.4, -0.2) is 31.9 Å². The molecule has 0 spiro atoms. The van der Waals surface area contributed by atoms with Crippen molar-refractivity contribution in [3.05, 3.63) is 66.2 Å². The molecule has 3 aromatic heterocycles. The van der Waals surface area contributed by atoms with Crippen LogP contribution in [0.15, 0.2) is 61.2 Å². The molecule has 2 N–H and O–H groups in total. The van der Waals surface area contributed by atoms with Crippen molar-refractivity contribution in [2.45, 2.75) is 6.54 Å². The number of halogens is 1. The van der Waals surface area contributed by atoms with E-state index in [9.17, 15) is 4.79 Å². The normalized spacial score (nSPS) is 11.0. The second kappa shape index (κ2) is 8.81. The van der Waals surface area contributed by atoms with Gasteiger partial charge in [0.15, 0.2) is 5.82 Å². The second-order valence-corrected chi connectivity index (χ2v) is 8.14. The van der Waals surface area contributed by atoms with Crippen LogP contribution >= 0.6 is 23.1 Å². The average molecular weight is 465 g/mol.